The predicted octanol–water partition coefficient (Wildman–Crippen LogP) is -0.222. The van der Waals surface area contributed by atoms with Gasteiger partial charge < -0.3 is 10.8 Å². The van der Waals surface area contributed by atoms with Crippen molar-refractivity contribution >= 4 is 21.6 Å². The smallest absolute Gasteiger partial charge is 0.262 e. The molecule has 0 spiro atoms. The number of hydrogen-bond acceptors (Lipinski definition) is 5. The Labute approximate surface area is 89.8 Å². The lowest BCUT2D eigenvalue weighted by atomic mass is 10.3. The molecule has 15 heavy (non-hydrogen) atoms. The van der Waals surface area contributed by atoms with Crippen LogP contribution in [0.15, 0.2) is 22.6 Å². The zero-order chi connectivity index (χ0) is 10.8. The summed E-state index contributed by atoms with van der Waals surface area (Å²) < 4.78 is 1.38. The van der Waals surface area contributed by atoms with E-state index in [4.69, 9.17) is 5.73 Å². The third kappa shape index (κ3) is 1.92. The van der Waals surface area contributed by atoms with E-state index < -0.39 is 6.10 Å². The fraction of sp³-hybridized carbons (Fsp3) is 0.333. The largest absolute Gasteiger partial charge is 0.390 e. The molecule has 0 radical (unpaired) electrons. The molecule has 80 valence electrons. The summed E-state index contributed by atoms with van der Waals surface area (Å²) in [5, 5.41) is 11.8. The number of rotatable bonds is 3. The second-order valence-corrected chi connectivity index (χ2v) is 4.13. The van der Waals surface area contributed by atoms with Gasteiger partial charge in [-0.15, -0.1) is 11.3 Å². The maximum Gasteiger partial charge on any atom is 0.262 e. The van der Waals surface area contributed by atoms with E-state index in [1.54, 1.807) is 6.07 Å². The van der Waals surface area contributed by atoms with Crippen LogP contribution in [0.5, 0.6) is 0 Å². The van der Waals surface area contributed by atoms with E-state index in [9.17, 15) is 9.90 Å². The van der Waals surface area contributed by atoms with Gasteiger partial charge in [0.15, 0.2) is 0 Å². The SMILES string of the molecule is NCC(O)Cn1cnc2sccc2c1=O. The summed E-state index contributed by atoms with van der Waals surface area (Å²) >= 11 is 1.42. The second-order valence-electron chi connectivity index (χ2n) is 3.23. The van der Waals surface area contributed by atoms with E-state index in [1.165, 1.54) is 22.2 Å². The third-order valence-corrected chi connectivity index (χ3v) is 2.95. The Kier molecular flexibility index (Phi) is 2.81. The highest BCUT2D eigenvalue weighted by Gasteiger charge is 2.08. The first-order chi connectivity index (χ1) is 7.22. The number of nitrogens with zero attached hydrogens (tertiary/aromatic N) is 2. The third-order valence-electron chi connectivity index (χ3n) is 2.13. The molecule has 3 N–H and O–H groups in total. The van der Waals surface area contributed by atoms with Crippen molar-refractivity contribution in [3.63, 3.8) is 0 Å². The number of aliphatic hydroxyl groups is 1. The Balaban J connectivity index is 2.44. The van der Waals surface area contributed by atoms with E-state index in [2.05, 4.69) is 4.98 Å². The molecule has 0 aromatic carbocycles. The van der Waals surface area contributed by atoms with Gasteiger partial charge in [-0.05, 0) is 11.4 Å². The minimum atomic E-state index is -0.708. The molecular weight excluding hydrogens is 214 g/mol. The van der Waals surface area contributed by atoms with Crippen molar-refractivity contribution < 1.29 is 5.11 Å². The van der Waals surface area contributed by atoms with Crippen molar-refractivity contribution in [3.05, 3.63) is 28.1 Å². The fourth-order valence-electron chi connectivity index (χ4n) is 1.32. The Morgan fingerprint density at radius 2 is 2.47 bits per heavy atom. The van der Waals surface area contributed by atoms with E-state index in [1.807, 2.05) is 5.38 Å². The van der Waals surface area contributed by atoms with E-state index >= 15 is 0 Å². The lowest BCUT2D eigenvalue weighted by molar-refractivity contribution is 0.160. The number of nitrogens with two attached hydrogens (primary N) is 1. The van der Waals surface area contributed by atoms with Gasteiger partial charge in [0, 0.05) is 6.54 Å². The lowest BCUT2D eigenvalue weighted by Crippen LogP contribution is -2.31. The van der Waals surface area contributed by atoms with Gasteiger partial charge in [-0.3, -0.25) is 9.36 Å². The van der Waals surface area contributed by atoms with E-state index in [0.717, 1.165) is 4.83 Å². The summed E-state index contributed by atoms with van der Waals surface area (Å²) in [7, 11) is 0. The molecule has 0 aliphatic rings. The van der Waals surface area contributed by atoms with Crippen LogP contribution in [0.3, 0.4) is 0 Å². The zero-order valence-corrected chi connectivity index (χ0v) is 8.78. The van der Waals surface area contributed by atoms with Crippen LogP contribution in [-0.4, -0.2) is 27.3 Å². The molecule has 2 rings (SSSR count). The topological polar surface area (TPSA) is 81.1 Å². The van der Waals surface area contributed by atoms with Gasteiger partial charge in [0.1, 0.15) is 4.83 Å². The van der Waals surface area contributed by atoms with Crippen molar-refractivity contribution in [2.24, 2.45) is 5.73 Å². The van der Waals surface area contributed by atoms with Crippen molar-refractivity contribution in [3.8, 4) is 0 Å². The van der Waals surface area contributed by atoms with Crippen LogP contribution in [0.4, 0.5) is 0 Å². The molecule has 6 heteroatoms. The highest BCUT2D eigenvalue weighted by molar-refractivity contribution is 7.16. The first kappa shape index (κ1) is 10.3. The van der Waals surface area contributed by atoms with Crippen LogP contribution in [-0.2, 0) is 6.54 Å². The number of hydrogen-bond donors (Lipinski definition) is 2. The zero-order valence-electron chi connectivity index (χ0n) is 7.96. The molecule has 0 saturated carbocycles. The Bertz CT molecular complexity index is 519. The first-order valence-electron chi connectivity index (χ1n) is 4.53. The number of fused-ring (bicyclic) bond motifs is 1. The molecule has 0 bridgehead atoms. The minimum Gasteiger partial charge on any atom is -0.390 e. The van der Waals surface area contributed by atoms with Crippen LogP contribution in [0.2, 0.25) is 0 Å². The van der Waals surface area contributed by atoms with Gasteiger partial charge in [-0.1, -0.05) is 0 Å². The Hall–Kier alpha value is -1.24. The second kappa shape index (κ2) is 4.09. The quantitative estimate of drug-likeness (QED) is 0.756. The van der Waals surface area contributed by atoms with Gasteiger partial charge in [0.25, 0.3) is 5.56 Å². The van der Waals surface area contributed by atoms with Gasteiger partial charge in [0.2, 0.25) is 0 Å². The molecule has 0 aliphatic carbocycles. The van der Waals surface area contributed by atoms with Crippen LogP contribution in [0.1, 0.15) is 0 Å². The number of thiophene rings is 1. The summed E-state index contributed by atoms with van der Waals surface area (Å²) in [5.74, 6) is 0. The minimum absolute atomic E-state index is 0.131. The fourth-order valence-corrected chi connectivity index (χ4v) is 2.05. The maximum absolute atomic E-state index is 11.8. The van der Waals surface area contributed by atoms with Crippen LogP contribution < -0.4 is 11.3 Å². The first-order valence-corrected chi connectivity index (χ1v) is 5.41. The molecule has 2 aromatic heterocycles. The summed E-state index contributed by atoms with van der Waals surface area (Å²) in [5.41, 5.74) is 5.15. The number of aromatic nitrogens is 2. The Morgan fingerprint density at radius 3 is 3.20 bits per heavy atom. The summed E-state index contributed by atoms with van der Waals surface area (Å²) in [6, 6.07) is 1.74. The summed E-state index contributed by atoms with van der Waals surface area (Å²) in [4.78, 5) is 16.7. The highest BCUT2D eigenvalue weighted by atomic mass is 32.1. The van der Waals surface area contributed by atoms with Gasteiger partial charge in [-0.25, -0.2) is 4.98 Å². The molecule has 0 aliphatic heterocycles. The lowest BCUT2D eigenvalue weighted by Gasteiger charge is -2.09. The van der Waals surface area contributed by atoms with Crippen LogP contribution >= 0.6 is 11.3 Å². The maximum atomic E-state index is 11.8. The molecule has 0 amide bonds. The molecule has 2 aromatic rings. The standard InChI is InChI=1S/C9H11N3O2S/c10-3-6(13)4-12-5-11-8-7(9(12)14)1-2-15-8/h1-2,5-6,13H,3-4,10H2. The average molecular weight is 225 g/mol. The average Bonchev–Trinajstić information content (AvgIpc) is 2.70. The molecule has 1 unspecified atom stereocenters. The molecule has 0 fully saturated rings. The monoisotopic (exact) mass is 225 g/mol. The van der Waals surface area contributed by atoms with Crippen molar-refractivity contribution in [1.82, 2.24) is 9.55 Å². The highest BCUT2D eigenvalue weighted by Crippen LogP contribution is 2.13. The predicted molar refractivity (Wildman–Crippen MR) is 58.9 cm³/mol. The van der Waals surface area contributed by atoms with Gasteiger partial charge in [-0.2, -0.15) is 0 Å². The molecule has 2 heterocycles. The Morgan fingerprint density at radius 1 is 1.67 bits per heavy atom. The molecule has 5 nitrogen and oxygen atoms in total. The van der Waals surface area contributed by atoms with E-state index in [0.29, 0.717) is 5.39 Å². The molecule has 0 saturated heterocycles. The van der Waals surface area contributed by atoms with Crippen molar-refractivity contribution in [1.29, 1.82) is 0 Å². The van der Waals surface area contributed by atoms with Crippen molar-refractivity contribution in [2.75, 3.05) is 6.54 Å². The van der Waals surface area contributed by atoms with Crippen molar-refractivity contribution in [2.45, 2.75) is 12.6 Å². The van der Waals surface area contributed by atoms with Crippen LogP contribution in [0.25, 0.3) is 10.2 Å². The van der Waals surface area contributed by atoms with Gasteiger partial charge in [0.05, 0.1) is 24.4 Å². The van der Waals surface area contributed by atoms with Gasteiger partial charge >= 0.3 is 0 Å². The van der Waals surface area contributed by atoms with E-state index in [-0.39, 0.29) is 18.6 Å². The molecule has 1 atom stereocenters. The molecular formula is C9H11N3O2S. The summed E-state index contributed by atoms with van der Waals surface area (Å²) in [6.07, 6.45) is 0.737. The normalized spacial score (nSPS) is 13.2. The number of aliphatic hydroxyl groups excluding tert-OH is 1. The van der Waals surface area contributed by atoms with Crippen LogP contribution in [0, 0.1) is 0 Å². The summed E-state index contributed by atoms with van der Waals surface area (Å²) in [6.45, 7) is 0.322.